The van der Waals surface area contributed by atoms with Crippen LogP contribution in [0.2, 0.25) is 0 Å². The standard InChI is InChI=1S/C31H46N2/c1-3-5-7-9-15-29-24-32-31(33-25-29)30-22-20-28(21-23-30)14-11-10-13-27-18-16-26(17-19-27)12-8-6-4-2/h10,13,20-27H,3-9,11-12,14-19H2,1-2H3. The Bertz CT molecular complexity index is 783. The quantitative estimate of drug-likeness (QED) is 0.213. The summed E-state index contributed by atoms with van der Waals surface area (Å²) >= 11 is 0. The average Bonchev–Trinajstić information content (AvgIpc) is 2.86. The van der Waals surface area contributed by atoms with Crippen LogP contribution in [0.15, 0.2) is 48.8 Å². The van der Waals surface area contributed by atoms with Crippen molar-refractivity contribution >= 4 is 0 Å². The molecule has 0 atom stereocenters. The van der Waals surface area contributed by atoms with E-state index in [1.807, 2.05) is 12.4 Å². The number of aryl methyl sites for hydroxylation is 2. The molecular formula is C31H46N2. The molecule has 0 N–H and O–H groups in total. The summed E-state index contributed by atoms with van der Waals surface area (Å²) in [5.41, 5.74) is 3.77. The average molecular weight is 447 g/mol. The van der Waals surface area contributed by atoms with E-state index in [0.29, 0.717) is 0 Å². The number of allylic oxidation sites excluding steroid dienone is 2. The van der Waals surface area contributed by atoms with Crippen LogP contribution in [-0.4, -0.2) is 9.97 Å². The van der Waals surface area contributed by atoms with Crippen LogP contribution >= 0.6 is 0 Å². The Kier molecular flexibility index (Phi) is 11.7. The normalized spacial score (nSPS) is 18.7. The summed E-state index contributed by atoms with van der Waals surface area (Å²) in [5.74, 6) is 2.66. The van der Waals surface area contributed by atoms with Gasteiger partial charge in [0.2, 0.25) is 0 Å². The van der Waals surface area contributed by atoms with E-state index in [0.717, 1.165) is 42.5 Å². The molecule has 2 aromatic rings. The van der Waals surface area contributed by atoms with Crippen molar-refractivity contribution in [1.82, 2.24) is 9.97 Å². The van der Waals surface area contributed by atoms with E-state index in [2.05, 4.69) is 60.2 Å². The number of aromatic nitrogens is 2. The molecule has 0 unspecified atom stereocenters. The number of benzene rings is 1. The SMILES string of the molecule is CCCCCCc1cnc(-c2ccc(CCC=CC3CCC(CCCCC)CC3)cc2)nc1. The van der Waals surface area contributed by atoms with Crippen molar-refractivity contribution < 1.29 is 0 Å². The molecular weight excluding hydrogens is 400 g/mol. The molecule has 1 saturated carbocycles. The minimum absolute atomic E-state index is 0.821. The highest BCUT2D eigenvalue weighted by atomic mass is 14.9. The molecule has 0 spiro atoms. The highest BCUT2D eigenvalue weighted by Gasteiger charge is 2.18. The van der Waals surface area contributed by atoms with Crippen LogP contribution in [0.3, 0.4) is 0 Å². The summed E-state index contributed by atoms with van der Waals surface area (Å²) in [6, 6.07) is 8.84. The van der Waals surface area contributed by atoms with Gasteiger partial charge in [-0.15, -0.1) is 0 Å². The minimum atomic E-state index is 0.821. The smallest absolute Gasteiger partial charge is 0.159 e. The van der Waals surface area contributed by atoms with Crippen LogP contribution in [0.1, 0.15) is 108 Å². The monoisotopic (exact) mass is 446 g/mol. The van der Waals surface area contributed by atoms with Gasteiger partial charge < -0.3 is 0 Å². The van der Waals surface area contributed by atoms with Crippen molar-refractivity contribution in [3.63, 3.8) is 0 Å². The number of nitrogens with zero attached hydrogens (tertiary/aromatic N) is 2. The number of hydrogen-bond acceptors (Lipinski definition) is 2. The van der Waals surface area contributed by atoms with Crippen molar-refractivity contribution in [3.05, 3.63) is 59.9 Å². The van der Waals surface area contributed by atoms with Gasteiger partial charge in [-0.2, -0.15) is 0 Å². The molecule has 0 bridgehead atoms. The fourth-order valence-electron chi connectivity index (χ4n) is 5.10. The second kappa shape index (κ2) is 15.0. The van der Waals surface area contributed by atoms with Gasteiger partial charge >= 0.3 is 0 Å². The zero-order chi connectivity index (χ0) is 23.1. The van der Waals surface area contributed by atoms with E-state index in [1.165, 1.54) is 88.2 Å². The van der Waals surface area contributed by atoms with Crippen LogP contribution in [-0.2, 0) is 12.8 Å². The third-order valence-corrected chi connectivity index (χ3v) is 7.35. The van der Waals surface area contributed by atoms with Crippen LogP contribution in [0, 0.1) is 11.8 Å². The number of hydrogen-bond donors (Lipinski definition) is 0. The zero-order valence-electron chi connectivity index (χ0n) is 21.3. The Hall–Kier alpha value is -1.96. The number of rotatable bonds is 14. The summed E-state index contributed by atoms with van der Waals surface area (Å²) in [7, 11) is 0. The van der Waals surface area contributed by atoms with Crippen molar-refractivity contribution in [2.45, 2.75) is 110 Å². The van der Waals surface area contributed by atoms with Gasteiger partial charge in [0.1, 0.15) is 0 Å². The van der Waals surface area contributed by atoms with Crippen LogP contribution in [0.4, 0.5) is 0 Å². The molecule has 0 radical (unpaired) electrons. The molecule has 0 saturated heterocycles. The lowest BCUT2D eigenvalue weighted by Gasteiger charge is -2.26. The van der Waals surface area contributed by atoms with E-state index in [-0.39, 0.29) is 0 Å². The van der Waals surface area contributed by atoms with Crippen LogP contribution in [0.25, 0.3) is 11.4 Å². The fraction of sp³-hybridized carbons (Fsp3) is 0.613. The Morgan fingerprint density at radius 2 is 1.45 bits per heavy atom. The molecule has 1 aromatic heterocycles. The molecule has 180 valence electrons. The van der Waals surface area contributed by atoms with Gasteiger partial charge in [-0.05, 0) is 74.3 Å². The van der Waals surface area contributed by atoms with Gasteiger partial charge in [-0.1, -0.05) is 95.2 Å². The van der Waals surface area contributed by atoms with Gasteiger partial charge in [-0.3, -0.25) is 0 Å². The molecule has 1 aliphatic carbocycles. The summed E-state index contributed by atoms with van der Waals surface area (Å²) in [6.45, 7) is 4.56. The third-order valence-electron chi connectivity index (χ3n) is 7.35. The Labute approximate surface area is 203 Å². The lowest BCUT2D eigenvalue weighted by Crippen LogP contribution is -2.13. The summed E-state index contributed by atoms with van der Waals surface area (Å²) in [5, 5.41) is 0. The van der Waals surface area contributed by atoms with Gasteiger partial charge in [0, 0.05) is 18.0 Å². The van der Waals surface area contributed by atoms with Gasteiger partial charge in [0.25, 0.3) is 0 Å². The maximum Gasteiger partial charge on any atom is 0.159 e. The van der Waals surface area contributed by atoms with Crippen molar-refractivity contribution in [1.29, 1.82) is 0 Å². The van der Waals surface area contributed by atoms with Gasteiger partial charge in [-0.25, -0.2) is 9.97 Å². The maximum absolute atomic E-state index is 4.61. The first-order valence-electron chi connectivity index (χ1n) is 13.8. The lowest BCUT2D eigenvalue weighted by atomic mass is 9.79. The summed E-state index contributed by atoms with van der Waals surface area (Å²) in [4.78, 5) is 9.22. The molecule has 33 heavy (non-hydrogen) atoms. The van der Waals surface area contributed by atoms with Crippen molar-refractivity contribution in [2.24, 2.45) is 11.8 Å². The molecule has 1 aromatic carbocycles. The van der Waals surface area contributed by atoms with Crippen molar-refractivity contribution in [3.8, 4) is 11.4 Å². The first kappa shape index (κ1) is 25.7. The zero-order valence-corrected chi connectivity index (χ0v) is 21.3. The summed E-state index contributed by atoms with van der Waals surface area (Å²) in [6.07, 6.45) is 28.8. The molecule has 2 heteroatoms. The van der Waals surface area contributed by atoms with E-state index in [9.17, 15) is 0 Å². The summed E-state index contributed by atoms with van der Waals surface area (Å²) < 4.78 is 0. The highest BCUT2D eigenvalue weighted by Crippen LogP contribution is 2.32. The van der Waals surface area contributed by atoms with E-state index < -0.39 is 0 Å². The number of unbranched alkanes of at least 4 members (excludes halogenated alkanes) is 5. The Morgan fingerprint density at radius 1 is 0.758 bits per heavy atom. The molecule has 1 heterocycles. The molecule has 2 nitrogen and oxygen atoms in total. The second-order valence-electron chi connectivity index (χ2n) is 10.2. The Balaban J connectivity index is 1.36. The predicted molar refractivity (Wildman–Crippen MR) is 142 cm³/mol. The van der Waals surface area contributed by atoms with Gasteiger partial charge in [0.15, 0.2) is 5.82 Å². The largest absolute Gasteiger partial charge is 0.236 e. The minimum Gasteiger partial charge on any atom is -0.236 e. The fourth-order valence-corrected chi connectivity index (χ4v) is 5.10. The first-order chi connectivity index (χ1) is 16.3. The van der Waals surface area contributed by atoms with Crippen molar-refractivity contribution in [2.75, 3.05) is 0 Å². The first-order valence-corrected chi connectivity index (χ1v) is 13.8. The molecule has 0 amide bonds. The lowest BCUT2D eigenvalue weighted by molar-refractivity contribution is 0.289. The predicted octanol–water partition coefficient (Wildman–Crippen LogP) is 9.14. The molecule has 3 rings (SSSR count). The molecule has 1 fully saturated rings. The van der Waals surface area contributed by atoms with E-state index in [1.54, 1.807) is 0 Å². The molecule has 0 aliphatic heterocycles. The van der Waals surface area contributed by atoms with E-state index in [4.69, 9.17) is 0 Å². The third kappa shape index (κ3) is 9.43. The maximum atomic E-state index is 4.61. The topological polar surface area (TPSA) is 25.8 Å². The van der Waals surface area contributed by atoms with Crippen LogP contribution < -0.4 is 0 Å². The van der Waals surface area contributed by atoms with Gasteiger partial charge in [0.05, 0.1) is 0 Å². The Morgan fingerprint density at radius 3 is 2.15 bits per heavy atom. The van der Waals surface area contributed by atoms with E-state index >= 15 is 0 Å². The van der Waals surface area contributed by atoms with Crippen LogP contribution in [0.5, 0.6) is 0 Å². The molecule has 1 aliphatic rings. The highest BCUT2D eigenvalue weighted by molar-refractivity contribution is 5.55. The second-order valence-corrected chi connectivity index (χ2v) is 10.2.